The monoisotopic (exact) mass is 1410 g/mol. The summed E-state index contributed by atoms with van der Waals surface area (Å²) in [5.41, 5.74) is 2.16. The summed E-state index contributed by atoms with van der Waals surface area (Å²) in [5.74, 6) is 17.2. The first kappa shape index (κ1) is 77.6. The molecule has 0 amide bonds. The van der Waals surface area contributed by atoms with E-state index in [1.54, 1.807) is 142 Å². The van der Waals surface area contributed by atoms with E-state index in [0.29, 0.717) is 11.3 Å². The first-order chi connectivity index (χ1) is 50.6. The van der Waals surface area contributed by atoms with Crippen molar-refractivity contribution in [1.82, 2.24) is 4.90 Å². The van der Waals surface area contributed by atoms with Gasteiger partial charge in [0.1, 0.15) is 0 Å². The van der Waals surface area contributed by atoms with Crippen molar-refractivity contribution in [3.8, 4) is 0 Å². The lowest BCUT2D eigenvalue weighted by Gasteiger charge is -2.56. The zero-order chi connectivity index (χ0) is 79.2. The molecule has 2 nitrogen and oxygen atoms in total. The molecule has 0 aromatic heterocycles. The third-order valence-corrected chi connectivity index (χ3v) is 31.1. The Balaban J connectivity index is 0.000000165. The lowest BCUT2D eigenvalue weighted by Crippen LogP contribution is -2.45. The molecule has 22 rings (SSSR count). The number of hydrogen-bond acceptors (Lipinski definition) is 2. The summed E-state index contributed by atoms with van der Waals surface area (Å²) in [4.78, 5) is 2.40. The first-order valence-corrected chi connectivity index (χ1v) is 46.4. The number of nitrogens with zero attached hydrogens (tertiary/aromatic N) is 1. The predicted octanol–water partition coefficient (Wildman–Crippen LogP) is 31.5. The van der Waals surface area contributed by atoms with Crippen LogP contribution in [0.4, 0.5) is 0 Å². The van der Waals surface area contributed by atoms with Gasteiger partial charge in [-0.2, -0.15) is 0 Å². The van der Waals surface area contributed by atoms with Crippen LogP contribution in [0.5, 0.6) is 0 Å². The summed E-state index contributed by atoms with van der Waals surface area (Å²) >= 11 is 0. The normalized spacial score (nSPS) is 43.1. The maximum absolute atomic E-state index is 7.80. The van der Waals surface area contributed by atoms with Gasteiger partial charge in [0.25, 0.3) is 0 Å². The molecule has 2 heteroatoms. The molecule has 0 radical (unpaired) electrons. The minimum atomic E-state index is -0.920. The van der Waals surface area contributed by atoms with Gasteiger partial charge >= 0.3 is 0 Å². The molecule has 0 aromatic rings. The maximum atomic E-state index is 7.80. The molecule has 2 saturated heterocycles. The SMILES string of the molecule is CC12CC3CC(CC(C3)C1)C2.CC1CCN(C)CC1.CC1CCOCC1.CCC12CC3CC(CC(C3)C1)C2.CCC1CC2CC(C1)C2.C[C@@H]1CC2CCC1CC2.[2H]C([2H])(C)C1CCCC1.[2H]C1(C)CCC(C)(C)CC1.[2H]C1(C)CCC(C)CC1.[2H]C1(C)CCC(C)CC1.[2H]C1(C)CCCC1.[2H]C1(C)CCCCC1. The Bertz CT molecular complexity index is 2230. The molecule has 2 aliphatic heterocycles. The van der Waals surface area contributed by atoms with Crippen molar-refractivity contribution in [2.75, 3.05) is 33.4 Å². The van der Waals surface area contributed by atoms with Gasteiger partial charge in [-0.15, -0.1) is 0 Å². The van der Waals surface area contributed by atoms with Crippen LogP contribution in [-0.2, 0) is 4.74 Å². The van der Waals surface area contributed by atoms with Crippen LogP contribution in [0.1, 0.15) is 461 Å². The van der Waals surface area contributed by atoms with Crippen molar-refractivity contribution >= 4 is 0 Å². The van der Waals surface area contributed by atoms with Crippen molar-refractivity contribution in [1.29, 1.82) is 0 Å². The summed E-state index contributed by atoms with van der Waals surface area (Å²) in [6, 6.07) is 0. The molecule has 20 saturated carbocycles. The Kier molecular flexibility index (Phi) is 35.8. The van der Waals surface area contributed by atoms with Crippen LogP contribution in [0.15, 0.2) is 0 Å². The molecule has 0 spiro atoms. The molecule has 594 valence electrons. The lowest BCUT2D eigenvalue weighted by atomic mass is 9.49. The third kappa shape index (κ3) is 34.4. The van der Waals surface area contributed by atoms with E-state index in [-0.39, 0.29) is 29.5 Å². The van der Waals surface area contributed by atoms with Crippen molar-refractivity contribution in [3.05, 3.63) is 0 Å². The number of ether oxygens (including phenoxy) is 1. The van der Waals surface area contributed by atoms with Gasteiger partial charge in [-0.05, 0) is 327 Å². The topological polar surface area (TPSA) is 12.5 Å². The minimum Gasteiger partial charge on any atom is -0.381 e. The van der Waals surface area contributed by atoms with Gasteiger partial charge in [0.05, 0.1) is 0 Å². The average molecular weight is 1410 g/mol. The highest BCUT2D eigenvalue weighted by Gasteiger charge is 2.50. The highest BCUT2D eigenvalue weighted by molar-refractivity contribution is 5.01. The molecule has 22 aliphatic rings. The molecule has 0 N–H and O–H groups in total. The largest absolute Gasteiger partial charge is 0.381 e. The number of hydrogen-bond donors (Lipinski definition) is 0. The molecule has 12 bridgehead atoms. The van der Waals surface area contributed by atoms with E-state index >= 15 is 0 Å². The van der Waals surface area contributed by atoms with E-state index < -0.39 is 6.37 Å². The van der Waals surface area contributed by atoms with Crippen LogP contribution >= 0.6 is 0 Å². The second-order valence-electron chi connectivity index (χ2n) is 42.1. The smallest absolute Gasteiger partial charge is 0.0468 e. The van der Waals surface area contributed by atoms with Gasteiger partial charge in [0.2, 0.25) is 0 Å². The molecular weight excluding hydrogens is 1220 g/mol. The van der Waals surface area contributed by atoms with E-state index in [1.807, 2.05) is 13.8 Å². The molecule has 1 atom stereocenters. The predicted molar refractivity (Wildman–Crippen MR) is 448 cm³/mol. The molecule has 0 aromatic carbocycles. The number of fused-ring (bicyclic) bond motifs is 5. The summed E-state index contributed by atoms with van der Waals surface area (Å²) in [6.45, 7) is 40.1. The highest BCUT2D eigenvalue weighted by Crippen LogP contribution is 2.62. The number of likely N-dealkylation sites (tertiary alicyclic amines) is 1. The zero-order valence-electron chi connectivity index (χ0n) is 78.8. The van der Waals surface area contributed by atoms with E-state index in [2.05, 4.69) is 102 Å². The first-order valence-electron chi connectivity index (χ1n) is 49.9. The van der Waals surface area contributed by atoms with Crippen molar-refractivity contribution < 1.29 is 14.3 Å². The fourth-order valence-electron chi connectivity index (χ4n) is 23.8. The maximum Gasteiger partial charge on any atom is 0.0468 e. The Hall–Kier alpha value is -0.0800. The molecule has 20 aliphatic carbocycles. The van der Waals surface area contributed by atoms with E-state index in [1.165, 1.54) is 135 Å². The van der Waals surface area contributed by atoms with Gasteiger partial charge in [0, 0.05) is 22.8 Å². The summed E-state index contributed by atoms with van der Waals surface area (Å²) < 4.78 is 58.3. The fraction of sp³-hybridized carbons (Fsp3) is 1.00. The van der Waals surface area contributed by atoms with Crippen LogP contribution in [0.25, 0.3) is 0 Å². The minimum absolute atomic E-state index is 0.0556. The Morgan fingerprint density at radius 2 is 0.703 bits per heavy atom. The standard InChI is InChI=1S/C12H20.C11H18.2C9H16.C9H18.2C8H16.C7H15N.2C7H14.C6H12O.C6H12/c1-2-12-6-9-3-10(7-12)5-11(4-9)8-12;1-11-5-8-2-9(6-11)4-10(3-8)7-11;1-7-6-8-2-4-9(7)5-3-8;1-2-7-3-8-5-9(4-7)6-8;1-8-4-6-9(2,3)7-5-8;3*1-7-3-5-8(2)6-4-7;1-7-5-3-2-4-6-7;1-2-7-5-3-4-6-7;1-6-2-4-7-5-3-6;1-6-4-2-3-5-6/h9-11H,2-8H2,1H3;8-10H,2-7H2,1H3;2*7-9H,2-6H2,1H3;8H,4-7H2,1-3H3;2*7-8H,3-6H2,1-2H3;7H,3-6H2,1-2H3;2*7H,2-6H2,1H3;6H,2-5H2,1H3;6H,2-5H2,1H3/t;;7-,8?,9?;;;;;;;;;/m..1........./s1/i;;;;8D;2*7D;;7D;2D2;;6D. The summed E-state index contributed by atoms with van der Waals surface area (Å²) in [5, 5.41) is 0. The number of rotatable bonds is 3. The van der Waals surface area contributed by atoms with Gasteiger partial charge in [0.15, 0.2) is 0 Å². The quantitative estimate of drug-likeness (QED) is 0.279. The van der Waals surface area contributed by atoms with Gasteiger partial charge < -0.3 is 9.64 Å². The Labute approximate surface area is 646 Å². The van der Waals surface area contributed by atoms with E-state index in [9.17, 15) is 0 Å². The Morgan fingerprint density at radius 3 is 0.970 bits per heavy atom. The fourth-order valence-corrected chi connectivity index (χ4v) is 23.8. The molecule has 0 unspecified atom stereocenters. The number of piperidine rings is 1. The average Bonchev–Trinajstić information content (AvgIpc) is 0.828. The van der Waals surface area contributed by atoms with E-state index in [4.69, 9.17) is 14.3 Å². The summed E-state index contributed by atoms with van der Waals surface area (Å²) in [7, 11) is 2.20. The van der Waals surface area contributed by atoms with Crippen molar-refractivity contribution in [2.24, 2.45) is 146 Å². The van der Waals surface area contributed by atoms with Crippen LogP contribution in [0.3, 0.4) is 0 Å². The Morgan fingerprint density at radius 1 is 0.347 bits per heavy atom. The van der Waals surface area contributed by atoms with Crippen LogP contribution in [0, 0.1) is 146 Å². The highest BCUT2D eigenvalue weighted by atomic mass is 16.5. The second-order valence-corrected chi connectivity index (χ2v) is 42.1. The van der Waals surface area contributed by atoms with Crippen LogP contribution in [0.2, 0.25) is 0 Å². The van der Waals surface area contributed by atoms with Crippen LogP contribution in [-0.4, -0.2) is 38.3 Å². The molecule has 22 fully saturated rings. The lowest BCUT2D eigenvalue weighted by molar-refractivity contribution is -0.0545. The van der Waals surface area contributed by atoms with Crippen molar-refractivity contribution in [3.63, 3.8) is 0 Å². The van der Waals surface area contributed by atoms with Crippen molar-refractivity contribution in [2.45, 2.75) is 451 Å². The van der Waals surface area contributed by atoms with Gasteiger partial charge in [-0.25, -0.2) is 0 Å². The van der Waals surface area contributed by atoms with Gasteiger partial charge in [-0.3, -0.25) is 0 Å². The molecule has 101 heavy (non-hydrogen) atoms. The zero-order valence-corrected chi connectivity index (χ0v) is 71.8. The second kappa shape index (κ2) is 46.6. The molecular formula is C99H187NO. The molecule has 2 heterocycles. The summed E-state index contributed by atoms with van der Waals surface area (Å²) in [6.07, 6.45) is 70.1. The third-order valence-electron chi connectivity index (χ3n) is 31.1. The van der Waals surface area contributed by atoms with E-state index in [0.717, 1.165) is 196 Å². The van der Waals surface area contributed by atoms with Crippen LogP contribution < -0.4 is 0 Å². The van der Waals surface area contributed by atoms with Gasteiger partial charge in [-0.1, -0.05) is 291 Å².